The molecule has 32 heavy (non-hydrogen) atoms. The van der Waals surface area contributed by atoms with Crippen molar-refractivity contribution in [2.75, 3.05) is 18.8 Å². The van der Waals surface area contributed by atoms with Crippen molar-refractivity contribution in [3.63, 3.8) is 0 Å². The van der Waals surface area contributed by atoms with Gasteiger partial charge in [-0.25, -0.2) is 13.4 Å². The van der Waals surface area contributed by atoms with Gasteiger partial charge in [-0.3, -0.25) is 9.89 Å². The average Bonchev–Trinajstić information content (AvgIpc) is 3.17. The molecule has 0 radical (unpaired) electrons. The Kier molecular flexibility index (Phi) is 8.05. The van der Waals surface area contributed by atoms with Crippen LogP contribution < -0.4 is 5.32 Å². The molecule has 10 heteroatoms. The summed E-state index contributed by atoms with van der Waals surface area (Å²) in [5.74, 6) is 0.940. The van der Waals surface area contributed by atoms with Crippen molar-refractivity contribution in [1.29, 1.82) is 0 Å². The minimum atomic E-state index is -3.85. The monoisotopic (exact) mass is 473 g/mol. The van der Waals surface area contributed by atoms with E-state index in [1.165, 1.54) is 16.1 Å². The third-order valence-corrected chi connectivity index (χ3v) is 7.35. The fourth-order valence-electron chi connectivity index (χ4n) is 2.92. The molecular weight excluding hydrogens is 446 g/mol. The van der Waals surface area contributed by atoms with E-state index in [0.29, 0.717) is 17.5 Å². The molecule has 2 aromatic carbocycles. The molecule has 0 spiro atoms. The SMILES string of the molecule is Cc1ccc(CN(CC(=O)NCCSc2n[nH]c(C)n2)S(=O)(=O)c2ccc(C)cc2)cc1. The normalized spacial score (nSPS) is 11.6. The van der Waals surface area contributed by atoms with Gasteiger partial charge in [-0.1, -0.05) is 59.3 Å². The van der Waals surface area contributed by atoms with E-state index in [-0.39, 0.29) is 23.9 Å². The summed E-state index contributed by atoms with van der Waals surface area (Å²) < 4.78 is 27.8. The van der Waals surface area contributed by atoms with Gasteiger partial charge in [0, 0.05) is 18.8 Å². The summed E-state index contributed by atoms with van der Waals surface area (Å²) in [5.41, 5.74) is 2.86. The maximum absolute atomic E-state index is 13.3. The van der Waals surface area contributed by atoms with Crippen LogP contribution in [0.4, 0.5) is 0 Å². The second kappa shape index (κ2) is 10.8. The molecule has 1 heterocycles. The minimum absolute atomic E-state index is 0.106. The number of benzene rings is 2. The van der Waals surface area contributed by atoms with Gasteiger partial charge in [-0.15, -0.1) is 5.10 Å². The van der Waals surface area contributed by atoms with Crippen LogP contribution in [0.15, 0.2) is 58.6 Å². The summed E-state index contributed by atoms with van der Waals surface area (Å²) in [7, 11) is -3.85. The number of aromatic amines is 1. The van der Waals surface area contributed by atoms with Gasteiger partial charge in [0.2, 0.25) is 21.1 Å². The number of carbonyl (C=O) groups excluding carboxylic acids is 1. The average molecular weight is 474 g/mol. The molecule has 0 aliphatic carbocycles. The maximum Gasteiger partial charge on any atom is 0.243 e. The summed E-state index contributed by atoms with van der Waals surface area (Å²) in [4.78, 5) is 16.9. The van der Waals surface area contributed by atoms with Crippen molar-refractivity contribution in [3.05, 3.63) is 71.0 Å². The molecular formula is C22H27N5O3S2. The van der Waals surface area contributed by atoms with Crippen molar-refractivity contribution in [2.45, 2.75) is 37.4 Å². The topological polar surface area (TPSA) is 108 Å². The molecule has 1 amide bonds. The van der Waals surface area contributed by atoms with Gasteiger partial charge >= 0.3 is 0 Å². The lowest BCUT2D eigenvalue weighted by atomic mass is 10.1. The quantitative estimate of drug-likeness (QED) is 0.346. The van der Waals surface area contributed by atoms with E-state index in [4.69, 9.17) is 0 Å². The highest BCUT2D eigenvalue weighted by Crippen LogP contribution is 2.19. The molecule has 3 rings (SSSR count). The molecule has 170 valence electrons. The highest BCUT2D eigenvalue weighted by atomic mass is 32.2. The van der Waals surface area contributed by atoms with Crippen molar-refractivity contribution in [3.8, 4) is 0 Å². The number of sulfonamides is 1. The lowest BCUT2D eigenvalue weighted by Gasteiger charge is -2.22. The fourth-order valence-corrected chi connectivity index (χ4v) is 5.00. The number of carbonyl (C=O) groups is 1. The molecule has 0 unspecified atom stereocenters. The fraction of sp³-hybridized carbons (Fsp3) is 0.318. The lowest BCUT2D eigenvalue weighted by molar-refractivity contribution is -0.121. The highest BCUT2D eigenvalue weighted by Gasteiger charge is 2.26. The number of rotatable bonds is 10. The van der Waals surface area contributed by atoms with Crippen molar-refractivity contribution < 1.29 is 13.2 Å². The van der Waals surface area contributed by atoms with Gasteiger partial charge in [0.05, 0.1) is 11.4 Å². The minimum Gasteiger partial charge on any atom is -0.354 e. The summed E-state index contributed by atoms with van der Waals surface area (Å²) >= 11 is 1.41. The third kappa shape index (κ3) is 6.65. The molecule has 0 bridgehead atoms. The smallest absolute Gasteiger partial charge is 0.243 e. The molecule has 8 nitrogen and oxygen atoms in total. The number of nitrogens with zero attached hydrogens (tertiary/aromatic N) is 3. The Hall–Kier alpha value is -2.69. The zero-order chi connectivity index (χ0) is 23.1. The summed E-state index contributed by atoms with van der Waals surface area (Å²) in [6.07, 6.45) is 0. The molecule has 0 fully saturated rings. The van der Waals surface area contributed by atoms with E-state index in [2.05, 4.69) is 20.5 Å². The molecule has 0 aliphatic heterocycles. The van der Waals surface area contributed by atoms with E-state index in [1.54, 1.807) is 24.3 Å². The molecule has 2 N–H and O–H groups in total. The molecule has 1 aromatic heterocycles. The van der Waals surface area contributed by atoms with Crippen LogP contribution in [0.5, 0.6) is 0 Å². The van der Waals surface area contributed by atoms with E-state index in [0.717, 1.165) is 22.5 Å². The van der Waals surface area contributed by atoms with Crippen LogP contribution in [0, 0.1) is 20.8 Å². The second-order valence-corrected chi connectivity index (χ2v) is 10.5. The lowest BCUT2D eigenvalue weighted by Crippen LogP contribution is -2.40. The Morgan fingerprint density at radius 2 is 1.66 bits per heavy atom. The molecule has 0 aliphatic rings. The first-order valence-electron chi connectivity index (χ1n) is 10.1. The van der Waals surface area contributed by atoms with Crippen LogP contribution in [0.25, 0.3) is 0 Å². The first kappa shape index (κ1) is 24.0. The summed E-state index contributed by atoms with van der Waals surface area (Å²) in [5, 5.41) is 10.2. The number of nitrogens with one attached hydrogen (secondary N) is 2. The van der Waals surface area contributed by atoms with Gasteiger partial charge < -0.3 is 5.32 Å². The highest BCUT2D eigenvalue weighted by molar-refractivity contribution is 7.99. The third-order valence-electron chi connectivity index (χ3n) is 4.69. The predicted molar refractivity (Wildman–Crippen MR) is 125 cm³/mol. The molecule has 0 saturated heterocycles. The van der Waals surface area contributed by atoms with Gasteiger partial charge in [0.25, 0.3) is 0 Å². The van der Waals surface area contributed by atoms with Crippen molar-refractivity contribution in [1.82, 2.24) is 24.8 Å². The van der Waals surface area contributed by atoms with Crippen LogP contribution >= 0.6 is 11.8 Å². The zero-order valence-corrected chi connectivity index (χ0v) is 20.0. The van der Waals surface area contributed by atoms with E-state index >= 15 is 0 Å². The van der Waals surface area contributed by atoms with Crippen LogP contribution in [0.3, 0.4) is 0 Å². The van der Waals surface area contributed by atoms with Gasteiger partial charge in [-0.2, -0.15) is 4.31 Å². The number of hydrogen-bond donors (Lipinski definition) is 2. The van der Waals surface area contributed by atoms with Gasteiger partial charge in [0.1, 0.15) is 5.82 Å². The Morgan fingerprint density at radius 3 is 2.25 bits per heavy atom. The Balaban J connectivity index is 1.67. The first-order valence-corrected chi connectivity index (χ1v) is 12.6. The molecule has 0 saturated carbocycles. The van der Waals surface area contributed by atoms with Crippen LogP contribution in [-0.4, -0.2) is 52.7 Å². The van der Waals surface area contributed by atoms with E-state index < -0.39 is 10.0 Å². The standard InChI is InChI=1S/C22H27N5O3S2/c1-16-4-8-19(9-5-16)14-27(32(29,30)20-10-6-17(2)7-11-20)15-21(28)23-12-13-31-22-24-18(3)25-26-22/h4-11H,12-15H2,1-3H3,(H,23,28)(H,24,25,26). The molecule has 3 aromatic rings. The number of hydrogen-bond acceptors (Lipinski definition) is 6. The van der Waals surface area contributed by atoms with Crippen LogP contribution in [0.2, 0.25) is 0 Å². The van der Waals surface area contributed by atoms with Crippen molar-refractivity contribution in [2.24, 2.45) is 0 Å². The summed E-state index contributed by atoms with van der Waals surface area (Å²) in [6, 6.07) is 14.2. The number of amides is 1. The Labute approximate surface area is 192 Å². The summed E-state index contributed by atoms with van der Waals surface area (Å²) in [6.45, 7) is 5.89. The number of aromatic nitrogens is 3. The van der Waals surface area contributed by atoms with Crippen LogP contribution in [-0.2, 0) is 21.4 Å². The largest absolute Gasteiger partial charge is 0.354 e. The number of thioether (sulfide) groups is 1. The Bertz CT molecular complexity index is 1140. The van der Waals surface area contributed by atoms with Crippen LogP contribution in [0.1, 0.15) is 22.5 Å². The number of aryl methyl sites for hydroxylation is 3. The number of H-pyrrole nitrogens is 1. The first-order chi connectivity index (χ1) is 15.2. The zero-order valence-electron chi connectivity index (χ0n) is 18.3. The van der Waals surface area contributed by atoms with Gasteiger partial charge in [0.15, 0.2) is 0 Å². The molecule has 0 atom stereocenters. The van der Waals surface area contributed by atoms with E-state index in [9.17, 15) is 13.2 Å². The maximum atomic E-state index is 13.3. The predicted octanol–water partition coefficient (Wildman–Crippen LogP) is 2.83. The van der Waals surface area contributed by atoms with Crippen molar-refractivity contribution >= 4 is 27.7 Å². The van der Waals surface area contributed by atoms with Gasteiger partial charge in [-0.05, 0) is 38.5 Å². The van der Waals surface area contributed by atoms with E-state index in [1.807, 2.05) is 45.0 Å². The second-order valence-electron chi connectivity index (χ2n) is 7.47. The Morgan fingerprint density at radius 1 is 1.03 bits per heavy atom.